The van der Waals surface area contributed by atoms with E-state index in [1.54, 1.807) is 24.3 Å². The van der Waals surface area contributed by atoms with Crippen LogP contribution in [0.2, 0.25) is 0 Å². The Morgan fingerprint density at radius 3 is 2.31 bits per heavy atom. The van der Waals surface area contributed by atoms with Gasteiger partial charge in [0, 0.05) is 5.69 Å². The summed E-state index contributed by atoms with van der Waals surface area (Å²) in [6.45, 7) is 3.46. The lowest BCUT2D eigenvalue weighted by molar-refractivity contribution is -0.119. The number of hydrogen-bond acceptors (Lipinski definition) is 7. The molecule has 0 saturated carbocycles. The molecule has 1 N–H and O–H groups in total. The van der Waals surface area contributed by atoms with Crippen LogP contribution in [0.4, 0.5) is 5.69 Å². The van der Waals surface area contributed by atoms with Gasteiger partial charge in [-0.2, -0.15) is 0 Å². The van der Waals surface area contributed by atoms with Crippen molar-refractivity contribution in [2.75, 3.05) is 19.0 Å². The molecule has 0 unspecified atom stereocenters. The predicted molar refractivity (Wildman–Crippen MR) is 134 cm³/mol. The lowest BCUT2D eigenvalue weighted by Gasteiger charge is -2.12. The number of aryl methyl sites for hydroxylation is 2. The van der Waals surface area contributed by atoms with Crippen molar-refractivity contribution in [1.29, 1.82) is 0 Å². The molecule has 1 amide bonds. The average Bonchev–Trinajstić information content (AvgIpc) is 3.23. The van der Waals surface area contributed by atoms with Crippen LogP contribution in [0, 0.1) is 13.8 Å². The molecule has 0 atom stereocenters. The van der Waals surface area contributed by atoms with Crippen LogP contribution in [-0.4, -0.2) is 30.7 Å². The first-order valence-corrected chi connectivity index (χ1v) is 11.3. The van der Waals surface area contributed by atoms with Crippen molar-refractivity contribution in [3.8, 4) is 22.6 Å². The van der Waals surface area contributed by atoms with Gasteiger partial charge in [0.05, 0.1) is 23.9 Å². The first-order valence-electron chi connectivity index (χ1n) is 11.3. The zero-order valence-electron chi connectivity index (χ0n) is 20.2. The minimum absolute atomic E-state index is 0.233. The Morgan fingerprint density at radius 2 is 1.64 bits per heavy atom. The second kappa shape index (κ2) is 11.2. The highest BCUT2D eigenvalue weighted by Crippen LogP contribution is 2.30. The van der Waals surface area contributed by atoms with E-state index in [1.807, 2.05) is 56.3 Å². The highest BCUT2D eigenvalue weighted by Gasteiger charge is 2.16. The number of benzene rings is 3. The second-order valence-electron chi connectivity index (χ2n) is 8.02. The Balaban J connectivity index is 1.31. The molecule has 8 nitrogen and oxygen atoms in total. The fraction of sp³-hybridized carbons (Fsp3) is 0.179. The number of aromatic nitrogens is 1. The van der Waals surface area contributed by atoms with Crippen LogP contribution < -0.4 is 14.8 Å². The Morgan fingerprint density at radius 1 is 0.917 bits per heavy atom. The minimum Gasteiger partial charge on any atom is -0.493 e. The predicted octanol–water partition coefficient (Wildman–Crippen LogP) is 5.34. The molecule has 0 spiro atoms. The molecule has 0 bridgehead atoms. The van der Waals surface area contributed by atoms with E-state index in [9.17, 15) is 9.59 Å². The SMILES string of the molecule is COc1cc(C(=O)OCC(=O)Nc2ccc(-c3ccccc3)cc2)ccc1OCc1c(C)noc1C. The Kier molecular flexibility index (Phi) is 7.65. The Labute approximate surface area is 208 Å². The maximum absolute atomic E-state index is 12.5. The van der Waals surface area contributed by atoms with E-state index in [4.69, 9.17) is 18.7 Å². The molecule has 0 aliphatic rings. The average molecular weight is 487 g/mol. The Bertz CT molecular complexity index is 1330. The van der Waals surface area contributed by atoms with E-state index >= 15 is 0 Å². The summed E-state index contributed by atoms with van der Waals surface area (Å²) < 4.78 is 21.5. The summed E-state index contributed by atoms with van der Waals surface area (Å²) in [4.78, 5) is 24.8. The summed E-state index contributed by atoms with van der Waals surface area (Å²) in [6.07, 6.45) is 0. The number of ether oxygens (including phenoxy) is 3. The third-order valence-electron chi connectivity index (χ3n) is 5.56. The van der Waals surface area contributed by atoms with Crippen molar-refractivity contribution in [2.45, 2.75) is 20.5 Å². The van der Waals surface area contributed by atoms with Gasteiger partial charge in [0.1, 0.15) is 12.4 Å². The third kappa shape index (κ3) is 5.90. The van der Waals surface area contributed by atoms with Gasteiger partial charge in [-0.25, -0.2) is 4.79 Å². The van der Waals surface area contributed by atoms with Crippen LogP contribution in [0.3, 0.4) is 0 Å². The molecule has 0 aliphatic carbocycles. The highest BCUT2D eigenvalue weighted by atomic mass is 16.5. The van der Waals surface area contributed by atoms with Gasteiger partial charge < -0.3 is 24.1 Å². The van der Waals surface area contributed by atoms with Crippen molar-refractivity contribution < 1.29 is 28.3 Å². The molecule has 8 heteroatoms. The van der Waals surface area contributed by atoms with Crippen molar-refractivity contribution in [3.05, 3.63) is 95.4 Å². The van der Waals surface area contributed by atoms with Gasteiger partial charge in [-0.05, 0) is 55.3 Å². The van der Waals surface area contributed by atoms with Crippen molar-refractivity contribution >= 4 is 17.6 Å². The molecule has 0 aliphatic heterocycles. The third-order valence-corrected chi connectivity index (χ3v) is 5.56. The number of hydrogen-bond donors (Lipinski definition) is 1. The molecule has 4 rings (SSSR count). The summed E-state index contributed by atoms with van der Waals surface area (Å²) in [5, 5.41) is 6.63. The summed E-state index contributed by atoms with van der Waals surface area (Å²) in [6, 6.07) is 22.0. The molecule has 36 heavy (non-hydrogen) atoms. The van der Waals surface area contributed by atoms with E-state index in [0.717, 1.165) is 22.4 Å². The van der Waals surface area contributed by atoms with Crippen LogP contribution in [0.1, 0.15) is 27.4 Å². The normalized spacial score (nSPS) is 10.5. The van der Waals surface area contributed by atoms with Crippen LogP contribution in [0.25, 0.3) is 11.1 Å². The molecule has 0 fully saturated rings. The second-order valence-corrected chi connectivity index (χ2v) is 8.02. The van der Waals surface area contributed by atoms with Crippen LogP contribution in [0.15, 0.2) is 77.3 Å². The van der Waals surface area contributed by atoms with Crippen LogP contribution in [-0.2, 0) is 16.1 Å². The first-order chi connectivity index (χ1) is 17.4. The largest absolute Gasteiger partial charge is 0.493 e. The molecule has 0 radical (unpaired) electrons. The molecule has 4 aromatic rings. The lowest BCUT2D eigenvalue weighted by Crippen LogP contribution is -2.20. The number of carbonyl (C=O) groups is 2. The number of carbonyl (C=O) groups excluding carboxylic acids is 2. The minimum atomic E-state index is -0.653. The standard InChI is InChI=1S/C28H26N2O6/c1-18-24(19(2)36-30-18)16-34-25-14-11-22(15-26(25)33-3)28(32)35-17-27(31)29-23-12-9-21(10-13-23)20-7-5-4-6-8-20/h4-15H,16-17H2,1-3H3,(H,29,31). The number of methoxy groups -OCH3 is 1. The van der Waals surface area contributed by atoms with Gasteiger partial charge in [-0.15, -0.1) is 0 Å². The maximum atomic E-state index is 12.5. The monoisotopic (exact) mass is 486 g/mol. The summed E-state index contributed by atoms with van der Waals surface area (Å²) in [5.41, 5.74) is 4.56. The number of amides is 1. The summed E-state index contributed by atoms with van der Waals surface area (Å²) in [7, 11) is 1.48. The Hall–Kier alpha value is -4.59. The molecule has 184 valence electrons. The van der Waals surface area contributed by atoms with Crippen LogP contribution >= 0.6 is 0 Å². The quantitative estimate of drug-likeness (QED) is 0.319. The zero-order valence-corrected chi connectivity index (χ0v) is 20.2. The molecule has 1 aromatic heterocycles. The van der Waals surface area contributed by atoms with E-state index in [-0.39, 0.29) is 12.2 Å². The fourth-order valence-electron chi connectivity index (χ4n) is 3.56. The van der Waals surface area contributed by atoms with Gasteiger partial charge in [0.2, 0.25) is 0 Å². The lowest BCUT2D eigenvalue weighted by atomic mass is 10.1. The van der Waals surface area contributed by atoms with E-state index in [1.165, 1.54) is 13.2 Å². The first kappa shape index (κ1) is 24.5. The smallest absolute Gasteiger partial charge is 0.338 e. The topological polar surface area (TPSA) is 99.9 Å². The van der Waals surface area contributed by atoms with Gasteiger partial charge in [-0.3, -0.25) is 4.79 Å². The zero-order chi connectivity index (χ0) is 25.5. The fourth-order valence-corrected chi connectivity index (χ4v) is 3.56. The number of rotatable bonds is 9. The van der Waals surface area contributed by atoms with Crippen molar-refractivity contribution in [3.63, 3.8) is 0 Å². The van der Waals surface area contributed by atoms with Crippen molar-refractivity contribution in [2.24, 2.45) is 0 Å². The summed E-state index contributed by atoms with van der Waals surface area (Å²) in [5.74, 6) is 0.393. The molecular formula is C28H26N2O6. The molecule has 3 aromatic carbocycles. The number of nitrogens with zero attached hydrogens (tertiary/aromatic N) is 1. The number of nitrogens with one attached hydrogen (secondary N) is 1. The molecule has 0 saturated heterocycles. The highest BCUT2D eigenvalue weighted by molar-refractivity contribution is 5.96. The van der Waals surface area contributed by atoms with Gasteiger partial charge in [0.15, 0.2) is 18.1 Å². The van der Waals surface area contributed by atoms with Crippen molar-refractivity contribution in [1.82, 2.24) is 5.16 Å². The number of anilines is 1. The number of esters is 1. The summed E-state index contributed by atoms with van der Waals surface area (Å²) >= 11 is 0. The van der Waals surface area contributed by atoms with E-state index in [2.05, 4.69) is 10.5 Å². The van der Waals surface area contributed by atoms with Gasteiger partial charge in [0.25, 0.3) is 5.91 Å². The van der Waals surface area contributed by atoms with Crippen LogP contribution in [0.5, 0.6) is 11.5 Å². The van der Waals surface area contributed by atoms with E-state index < -0.39 is 18.5 Å². The van der Waals surface area contributed by atoms with Gasteiger partial charge >= 0.3 is 5.97 Å². The van der Waals surface area contributed by atoms with Gasteiger partial charge in [-0.1, -0.05) is 47.6 Å². The molecule has 1 heterocycles. The maximum Gasteiger partial charge on any atom is 0.338 e. The molecular weight excluding hydrogens is 460 g/mol. The van der Waals surface area contributed by atoms with E-state index in [0.29, 0.717) is 22.9 Å².